The molecule has 12 heteroatoms. The van der Waals surface area contributed by atoms with Crippen molar-refractivity contribution in [3.8, 4) is 10.6 Å². The van der Waals surface area contributed by atoms with Crippen LogP contribution < -0.4 is 5.32 Å². The average molecular weight is 549 g/mol. The summed E-state index contributed by atoms with van der Waals surface area (Å²) in [6, 6.07) is 1.35. The first-order chi connectivity index (χ1) is 17.7. The molecule has 2 aliphatic rings. The van der Waals surface area contributed by atoms with Crippen molar-refractivity contribution in [1.29, 1.82) is 0 Å². The van der Waals surface area contributed by atoms with Crippen LogP contribution in [0.1, 0.15) is 70.3 Å². The number of carbonyl (C=O) groups excluding carboxylic acids is 3. The molecule has 206 valence electrons. The molecule has 4 heterocycles. The van der Waals surface area contributed by atoms with E-state index in [1.165, 1.54) is 0 Å². The maximum absolute atomic E-state index is 15.9. The highest BCUT2D eigenvalue weighted by atomic mass is 32.1. The zero-order valence-electron chi connectivity index (χ0n) is 22.4. The summed E-state index contributed by atoms with van der Waals surface area (Å²) >= 11 is 1.11. The highest BCUT2D eigenvalue weighted by Crippen LogP contribution is 2.38. The number of nitrogens with one attached hydrogen (secondary N) is 1. The lowest BCUT2D eigenvalue weighted by Gasteiger charge is -2.33. The van der Waals surface area contributed by atoms with E-state index in [1.54, 1.807) is 53.8 Å². The van der Waals surface area contributed by atoms with E-state index in [1.807, 2.05) is 0 Å². The molecule has 0 bridgehead atoms. The maximum atomic E-state index is 15.9. The first kappa shape index (κ1) is 27.9. The van der Waals surface area contributed by atoms with E-state index in [-0.39, 0.29) is 53.5 Å². The van der Waals surface area contributed by atoms with Crippen LogP contribution in [0.4, 0.5) is 15.0 Å². The first-order valence-electron chi connectivity index (χ1n) is 12.5. The number of pyridine rings is 1. The molecule has 0 aromatic carbocycles. The zero-order valence-corrected chi connectivity index (χ0v) is 23.2. The smallest absolute Gasteiger partial charge is 0.417 e. The fourth-order valence-corrected chi connectivity index (χ4v) is 4.98. The SMILES string of the molecule is CC(C)(C)OC(=O)C[C@H]1COCC[C@H]1Nc1nc(-c2ccns2)c2c(c1F)CN(C(=O)OC(C)(C)C)C2=O. The van der Waals surface area contributed by atoms with E-state index in [4.69, 9.17) is 14.2 Å². The molecule has 2 amide bonds. The molecule has 1 saturated heterocycles. The molecule has 0 unspecified atom stereocenters. The van der Waals surface area contributed by atoms with Gasteiger partial charge in [-0.1, -0.05) is 0 Å². The van der Waals surface area contributed by atoms with Crippen LogP contribution in [0, 0.1) is 11.7 Å². The Morgan fingerprint density at radius 2 is 1.92 bits per heavy atom. The number of esters is 1. The van der Waals surface area contributed by atoms with Crippen LogP contribution >= 0.6 is 11.5 Å². The van der Waals surface area contributed by atoms with Crippen LogP contribution in [0.3, 0.4) is 0 Å². The topological polar surface area (TPSA) is 120 Å². The van der Waals surface area contributed by atoms with Gasteiger partial charge in [-0.25, -0.2) is 23.4 Å². The van der Waals surface area contributed by atoms with E-state index in [2.05, 4.69) is 14.7 Å². The summed E-state index contributed by atoms with van der Waals surface area (Å²) in [5.74, 6) is -2.11. The minimum atomic E-state index is -0.857. The number of nitrogens with zero attached hydrogens (tertiary/aromatic N) is 3. The number of ether oxygens (including phenoxy) is 3. The monoisotopic (exact) mass is 548 g/mol. The molecule has 0 radical (unpaired) electrons. The molecule has 1 fully saturated rings. The van der Waals surface area contributed by atoms with E-state index >= 15 is 4.39 Å². The molecule has 2 aliphatic heterocycles. The molecule has 2 aromatic rings. The molecule has 1 N–H and O–H groups in total. The van der Waals surface area contributed by atoms with E-state index < -0.39 is 29.0 Å². The summed E-state index contributed by atoms with van der Waals surface area (Å²) < 4.78 is 36.4. The van der Waals surface area contributed by atoms with Crippen molar-refractivity contribution in [2.75, 3.05) is 18.5 Å². The van der Waals surface area contributed by atoms with Gasteiger partial charge in [0.2, 0.25) is 0 Å². The van der Waals surface area contributed by atoms with Crippen LogP contribution in [0.5, 0.6) is 0 Å². The summed E-state index contributed by atoms with van der Waals surface area (Å²) in [7, 11) is 0. The van der Waals surface area contributed by atoms with Gasteiger partial charge in [-0.3, -0.25) is 9.59 Å². The van der Waals surface area contributed by atoms with E-state index in [9.17, 15) is 14.4 Å². The van der Waals surface area contributed by atoms with Gasteiger partial charge in [0.15, 0.2) is 11.6 Å². The van der Waals surface area contributed by atoms with Crippen molar-refractivity contribution in [3.63, 3.8) is 0 Å². The molecular formula is C26H33FN4O6S. The molecule has 4 rings (SSSR count). The normalized spacial score (nSPS) is 19.8. The third kappa shape index (κ3) is 6.29. The van der Waals surface area contributed by atoms with E-state index in [0.29, 0.717) is 24.5 Å². The number of imide groups is 1. The molecule has 10 nitrogen and oxygen atoms in total. The van der Waals surface area contributed by atoms with Crippen molar-refractivity contribution < 1.29 is 33.0 Å². The molecule has 0 spiro atoms. The van der Waals surface area contributed by atoms with Crippen molar-refractivity contribution >= 4 is 35.3 Å². The number of hydrogen-bond donors (Lipinski definition) is 1. The van der Waals surface area contributed by atoms with Gasteiger partial charge in [0.05, 0.1) is 35.7 Å². The largest absolute Gasteiger partial charge is 0.460 e. The Kier molecular flexibility index (Phi) is 7.76. The third-order valence-corrected chi connectivity index (χ3v) is 6.69. The van der Waals surface area contributed by atoms with E-state index in [0.717, 1.165) is 16.4 Å². The Morgan fingerprint density at radius 3 is 2.55 bits per heavy atom. The quantitative estimate of drug-likeness (QED) is 0.526. The predicted octanol–water partition coefficient (Wildman–Crippen LogP) is 4.78. The summed E-state index contributed by atoms with van der Waals surface area (Å²) in [6.45, 7) is 10.9. The van der Waals surface area contributed by atoms with Crippen molar-refractivity contribution in [2.45, 2.75) is 78.2 Å². The highest BCUT2D eigenvalue weighted by molar-refractivity contribution is 7.09. The number of halogens is 1. The second kappa shape index (κ2) is 10.6. The second-order valence-corrected chi connectivity index (χ2v) is 12.2. The zero-order chi connectivity index (χ0) is 27.8. The molecular weight excluding hydrogens is 515 g/mol. The van der Waals surface area contributed by atoms with Crippen molar-refractivity contribution in [2.24, 2.45) is 5.92 Å². The standard InChI is InChI=1S/C26H33FN4O6S/c1-25(2,3)36-18(32)11-14-13-35-10-8-16(14)29-22-20(27)15-12-31(24(34)37-26(4,5)6)23(33)19(15)21(30-22)17-7-9-28-38-17/h7,9,14,16H,8,10-13H2,1-6H3,(H,29,30)/t14-,16+/m0/s1. The van der Waals surface area contributed by atoms with Gasteiger partial charge in [0.25, 0.3) is 5.91 Å². The molecule has 38 heavy (non-hydrogen) atoms. The van der Waals surface area contributed by atoms with Gasteiger partial charge in [-0.15, -0.1) is 0 Å². The lowest BCUT2D eigenvalue weighted by Crippen LogP contribution is -2.40. The Balaban J connectivity index is 1.66. The van der Waals surface area contributed by atoms with Gasteiger partial charge >= 0.3 is 12.1 Å². The Bertz CT molecular complexity index is 1220. The van der Waals surface area contributed by atoms with Crippen molar-refractivity contribution in [1.82, 2.24) is 14.3 Å². The molecule has 0 saturated carbocycles. The summed E-state index contributed by atoms with van der Waals surface area (Å²) in [6.07, 6.45) is 1.31. The van der Waals surface area contributed by atoms with Crippen LogP contribution in [0.25, 0.3) is 10.6 Å². The minimum Gasteiger partial charge on any atom is -0.460 e. The Hall–Kier alpha value is -3.12. The van der Waals surface area contributed by atoms with Gasteiger partial charge in [-0.05, 0) is 65.6 Å². The minimum absolute atomic E-state index is 0.0143. The number of fused-ring (bicyclic) bond motifs is 1. The molecule has 2 atom stereocenters. The fourth-order valence-electron chi connectivity index (χ4n) is 4.39. The lowest BCUT2D eigenvalue weighted by atomic mass is 9.92. The number of rotatable bonds is 5. The number of carbonyl (C=O) groups is 3. The van der Waals surface area contributed by atoms with Crippen molar-refractivity contribution in [3.05, 3.63) is 29.2 Å². The van der Waals surface area contributed by atoms with Gasteiger partial charge in [-0.2, -0.15) is 0 Å². The third-order valence-electron chi connectivity index (χ3n) is 5.94. The predicted molar refractivity (Wildman–Crippen MR) is 138 cm³/mol. The Labute approximate surface area is 225 Å². The van der Waals surface area contributed by atoms with Gasteiger partial charge in [0, 0.05) is 30.3 Å². The number of aromatic nitrogens is 2. The van der Waals surface area contributed by atoms with Crippen LogP contribution in [0.2, 0.25) is 0 Å². The van der Waals surface area contributed by atoms with Gasteiger partial charge in [0.1, 0.15) is 11.2 Å². The summed E-state index contributed by atoms with van der Waals surface area (Å²) in [5.41, 5.74) is -1.15. The molecule has 2 aromatic heterocycles. The van der Waals surface area contributed by atoms with Crippen LogP contribution in [-0.4, -0.2) is 62.7 Å². The lowest BCUT2D eigenvalue weighted by molar-refractivity contribution is -0.157. The fraction of sp³-hybridized carbons (Fsp3) is 0.577. The van der Waals surface area contributed by atoms with Crippen LogP contribution in [0.15, 0.2) is 12.3 Å². The second-order valence-electron chi connectivity index (χ2n) is 11.4. The number of amides is 2. The number of hydrogen-bond acceptors (Lipinski definition) is 10. The van der Waals surface area contributed by atoms with Crippen LogP contribution in [-0.2, 0) is 25.5 Å². The summed E-state index contributed by atoms with van der Waals surface area (Å²) in [4.78, 5) is 44.5. The first-order valence-corrected chi connectivity index (χ1v) is 13.3. The summed E-state index contributed by atoms with van der Waals surface area (Å²) in [5, 5.41) is 3.16. The maximum Gasteiger partial charge on any atom is 0.417 e. The number of anilines is 1. The Morgan fingerprint density at radius 1 is 1.21 bits per heavy atom. The highest BCUT2D eigenvalue weighted by Gasteiger charge is 2.41. The molecule has 0 aliphatic carbocycles. The average Bonchev–Trinajstić information content (AvgIpc) is 3.43. The van der Waals surface area contributed by atoms with Gasteiger partial charge < -0.3 is 19.5 Å².